The van der Waals surface area contributed by atoms with Crippen molar-refractivity contribution in [1.29, 1.82) is 0 Å². The minimum atomic E-state index is -3.49. The van der Waals surface area contributed by atoms with Crippen LogP contribution >= 0.6 is 0 Å². The Morgan fingerprint density at radius 2 is 1.90 bits per heavy atom. The van der Waals surface area contributed by atoms with Crippen LogP contribution in [0.1, 0.15) is 5.56 Å². The average molecular weight is 304 g/mol. The van der Waals surface area contributed by atoms with E-state index >= 15 is 0 Å². The smallest absolute Gasteiger partial charge is 0.206 e. The molecule has 5 heteroatoms. The quantitative estimate of drug-likeness (QED) is 0.797. The van der Waals surface area contributed by atoms with Crippen molar-refractivity contribution in [3.05, 3.63) is 54.1 Å². The first kappa shape index (κ1) is 14.1. The fourth-order valence-electron chi connectivity index (χ4n) is 2.09. The van der Waals surface area contributed by atoms with E-state index in [0.29, 0.717) is 27.7 Å². The molecule has 1 saturated heterocycles. The van der Waals surface area contributed by atoms with Crippen molar-refractivity contribution in [2.75, 3.05) is 13.2 Å². The second kappa shape index (κ2) is 5.50. The molecule has 3 rings (SSSR count). The molecule has 110 valence electrons. The zero-order valence-corrected chi connectivity index (χ0v) is 12.5. The molecule has 0 bridgehead atoms. The topological polar surface area (TPSA) is 55.9 Å². The largest absolute Gasteiger partial charge is 0.491 e. The molecule has 1 heterocycles. The summed E-state index contributed by atoms with van der Waals surface area (Å²) in [5.41, 5.74) is 0.674. The predicted octanol–water partition coefficient (Wildman–Crippen LogP) is 2.61. The highest BCUT2D eigenvalue weighted by Gasteiger charge is 2.24. The predicted molar refractivity (Wildman–Crippen MR) is 78.3 cm³/mol. The third-order valence-corrected chi connectivity index (χ3v) is 5.26. The summed E-state index contributed by atoms with van der Waals surface area (Å²) in [6.45, 7) is 3.01. The van der Waals surface area contributed by atoms with Gasteiger partial charge in [-0.25, -0.2) is 8.42 Å². The summed E-state index contributed by atoms with van der Waals surface area (Å²) in [7, 11) is -3.49. The van der Waals surface area contributed by atoms with Crippen molar-refractivity contribution in [1.82, 2.24) is 0 Å². The minimum Gasteiger partial charge on any atom is -0.491 e. The van der Waals surface area contributed by atoms with Gasteiger partial charge in [-0.1, -0.05) is 18.2 Å². The number of aryl methyl sites for hydroxylation is 1. The summed E-state index contributed by atoms with van der Waals surface area (Å²) in [4.78, 5) is 0.608. The third-order valence-electron chi connectivity index (χ3n) is 3.33. The van der Waals surface area contributed by atoms with E-state index in [1.54, 1.807) is 55.5 Å². The zero-order chi connectivity index (χ0) is 14.9. The van der Waals surface area contributed by atoms with Crippen molar-refractivity contribution >= 4 is 9.84 Å². The third kappa shape index (κ3) is 3.09. The van der Waals surface area contributed by atoms with Gasteiger partial charge in [0.1, 0.15) is 18.5 Å². The van der Waals surface area contributed by atoms with Gasteiger partial charge in [0, 0.05) is 0 Å². The lowest BCUT2D eigenvalue weighted by Gasteiger charge is -2.10. The van der Waals surface area contributed by atoms with Crippen LogP contribution in [0, 0.1) is 6.92 Å². The summed E-state index contributed by atoms with van der Waals surface area (Å²) in [5, 5.41) is 0. The maximum atomic E-state index is 12.6. The second-order valence-corrected chi connectivity index (χ2v) is 6.93. The highest BCUT2D eigenvalue weighted by atomic mass is 32.2. The first-order chi connectivity index (χ1) is 10.1. The van der Waals surface area contributed by atoms with Crippen LogP contribution in [0.25, 0.3) is 0 Å². The number of sulfone groups is 1. The normalized spacial score (nSPS) is 17.5. The standard InChI is InChI=1S/C16H16O4S/c1-12-9-13(19-10-14-11-20-14)7-8-16(12)21(17,18)15-5-3-2-4-6-15/h2-9,14H,10-11H2,1H3. The van der Waals surface area contributed by atoms with Crippen molar-refractivity contribution in [2.45, 2.75) is 22.8 Å². The molecule has 4 nitrogen and oxygen atoms in total. The van der Waals surface area contributed by atoms with Gasteiger partial charge in [0.15, 0.2) is 0 Å². The summed E-state index contributed by atoms with van der Waals surface area (Å²) in [6, 6.07) is 13.5. The van der Waals surface area contributed by atoms with Gasteiger partial charge in [0.2, 0.25) is 9.84 Å². The van der Waals surface area contributed by atoms with Crippen molar-refractivity contribution in [3.8, 4) is 5.75 Å². The second-order valence-electron chi connectivity index (χ2n) is 5.01. The van der Waals surface area contributed by atoms with Crippen molar-refractivity contribution < 1.29 is 17.9 Å². The highest BCUT2D eigenvalue weighted by Crippen LogP contribution is 2.27. The molecule has 1 atom stereocenters. The Morgan fingerprint density at radius 3 is 2.52 bits per heavy atom. The Morgan fingerprint density at radius 1 is 1.19 bits per heavy atom. The van der Waals surface area contributed by atoms with Crippen LogP contribution in [-0.2, 0) is 14.6 Å². The SMILES string of the molecule is Cc1cc(OCC2CO2)ccc1S(=O)(=O)c1ccccc1. The fraction of sp³-hybridized carbons (Fsp3) is 0.250. The van der Waals surface area contributed by atoms with E-state index in [4.69, 9.17) is 9.47 Å². The summed E-state index contributed by atoms with van der Waals surface area (Å²) < 4.78 is 35.8. The molecule has 1 fully saturated rings. The van der Waals surface area contributed by atoms with E-state index < -0.39 is 9.84 Å². The van der Waals surface area contributed by atoms with Gasteiger partial charge >= 0.3 is 0 Å². The summed E-state index contributed by atoms with van der Waals surface area (Å²) in [6.07, 6.45) is 0.179. The first-order valence-electron chi connectivity index (χ1n) is 6.72. The fourth-order valence-corrected chi connectivity index (χ4v) is 3.59. The maximum absolute atomic E-state index is 12.6. The number of rotatable bonds is 5. The van der Waals surface area contributed by atoms with Gasteiger partial charge in [-0.2, -0.15) is 0 Å². The summed E-state index contributed by atoms with van der Waals surface area (Å²) in [5.74, 6) is 0.662. The molecule has 2 aromatic rings. The first-order valence-corrected chi connectivity index (χ1v) is 8.21. The number of epoxide rings is 1. The van der Waals surface area contributed by atoms with Gasteiger partial charge in [-0.05, 0) is 42.8 Å². The van der Waals surface area contributed by atoms with E-state index in [1.807, 2.05) is 0 Å². The van der Waals surface area contributed by atoms with Crippen LogP contribution in [0.3, 0.4) is 0 Å². The Hall–Kier alpha value is -1.85. The van der Waals surface area contributed by atoms with E-state index in [2.05, 4.69) is 0 Å². The van der Waals surface area contributed by atoms with E-state index in [9.17, 15) is 8.42 Å². The molecule has 0 aromatic heterocycles. The molecule has 1 unspecified atom stereocenters. The van der Waals surface area contributed by atoms with E-state index in [1.165, 1.54) is 0 Å². The number of hydrogen-bond acceptors (Lipinski definition) is 4. The Bertz CT molecular complexity index is 734. The van der Waals surface area contributed by atoms with Crippen LogP contribution < -0.4 is 4.74 Å². The molecule has 0 amide bonds. The van der Waals surface area contributed by atoms with Crippen molar-refractivity contribution in [2.24, 2.45) is 0 Å². The minimum absolute atomic E-state index is 0.179. The monoisotopic (exact) mass is 304 g/mol. The zero-order valence-electron chi connectivity index (χ0n) is 11.7. The lowest BCUT2D eigenvalue weighted by molar-refractivity contribution is 0.263. The molecule has 0 radical (unpaired) electrons. The van der Waals surface area contributed by atoms with Crippen LogP contribution in [0.4, 0.5) is 0 Å². The van der Waals surface area contributed by atoms with Gasteiger partial charge in [0.25, 0.3) is 0 Å². The molecule has 0 N–H and O–H groups in total. The van der Waals surface area contributed by atoms with Crippen LogP contribution in [0.5, 0.6) is 5.75 Å². The van der Waals surface area contributed by atoms with Crippen molar-refractivity contribution in [3.63, 3.8) is 0 Å². The molecule has 1 aliphatic heterocycles. The Labute approximate surface area is 124 Å². The van der Waals surface area contributed by atoms with Crippen LogP contribution in [0.15, 0.2) is 58.3 Å². The Balaban J connectivity index is 1.88. The molecule has 2 aromatic carbocycles. The molecule has 0 saturated carbocycles. The van der Waals surface area contributed by atoms with Gasteiger partial charge in [-0.15, -0.1) is 0 Å². The van der Waals surface area contributed by atoms with Crippen LogP contribution in [0.2, 0.25) is 0 Å². The van der Waals surface area contributed by atoms with E-state index in [-0.39, 0.29) is 6.10 Å². The lowest BCUT2D eigenvalue weighted by atomic mass is 10.2. The number of ether oxygens (including phenoxy) is 2. The summed E-state index contributed by atoms with van der Waals surface area (Å²) >= 11 is 0. The van der Waals surface area contributed by atoms with Gasteiger partial charge < -0.3 is 9.47 Å². The molecule has 0 spiro atoms. The number of hydrogen-bond donors (Lipinski definition) is 0. The maximum Gasteiger partial charge on any atom is 0.206 e. The van der Waals surface area contributed by atoms with Gasteiger partial charge in [0.05, 0.1) is 16.4 Å². The molecular formula is C16H16O4S. The lowest BCUT2D eigenvalue weighted by Crippen LogP contribution is -2.06. The molecule has 1 aliphatic rings. The average Bonchev–Trinajstić information content (AvgIpc) is 3.30. The molecule has 21 heavy (non-hydrogen) atoms. The van der Waals surface area contributed by atoms with Gasteiger partial charge in [-0.3, -0.25) is 0 Å². The highest BCUT2D eigenvalue weighted by molar-refractivity contribution is 7.91. The molecular weight excluding hydrogens is 288 g/mol. The molecule has 0 aliphatic carbocycles. The van der Waals surface area contributed by atoms with E-state index in [0.717, 1.165) is 6.61 Å². The van der Waals surface area contributed by atoms with Crippen LogP contribution in [-0.4, -0.2) is 27.7 Å². The number of benzene rings is 2. The Kier molecular flexibility index (Phi) is 3.69.